The topological polar surface area (TPSA) is 78.6 Å². The third-order valence-corrected chi connectivity index (χ3v) is 2.43. The number of carbonyl (C=O) groups excluding carboxylic acids is 2. The van der Waals surface area contributed by atoms with Crippen molar-refractivity contribution in [3.8, 4) is 0 Å². The number of hydrogen-bond acceptors (Lipinski definition) is 5. The summed E-state index contributed by atoms with van der Waals surface area (Å²) in [7, 11) is 1.31. The van der Waals surface area contributed by atoms with Crippen molar-refractivity contribution in [1.82, 2.24) is 0 Å². The van der Waals surface area contributed by atoms with E-state index >= 15 is 0 Å². The van der Waals surface area contributed by atoms with E-state index in [4.69, 9.17) is 10.5 Å². The lowest BCUT2D eigenvalue weighted by atomic mass is 10.0. The second kappa shape index (κ2) is 8.50. The molecule has 19 heavy (non-hydrogen) atoms. The van der Waals surface area contributed by atoms with Gasteiger partial charge in [-0.15, -0.1) is 12.4 Å². The summed E-state index contributed by atoms with van der Waals surface area (Å²) in [6.45, 7) is 2.06. The van der Waals surface area contributed by atoms with Crippen molar-refractivity contribution in [3.05, 3.63) is 35.4 Å². The Morgan fingerprint density at radius 1 is 1.37 bits per heavy atom. The summed E-state index contributed by atoms with van der Waals surface area (Å²) in [5, 5.41) is 0. The first-order valence-electron chi connectivity index (χ1n) is 5.68. The molecular weight excluding hydrogens is 270 g/mol. The van der Waals surface area contributed by atoms with Gasteiger partial charge in [-0.05, 0) is 24.6 Å². The standard InChI is InChI=1S/C13H17NO4.ClH/c1-3-18-12(15)8-11(14)9-5-4-6-10(7-9)13(16)17-2;/h4-7,11H,3,8,14H2,1-2H3;1H/t11-;/m0./s1. The molecular formula is C13H18ClNO4. The third-order valence-electron chi connectivity index (χ3n) is 2.43. The van der Waals surface area contributed by atoms with Crippen LogP contribution in [0.5, 0.6) is 0 Å². The number of carbonyl (C=O) groups is 2. The number of rotatable bonds is 5. The molecule has 0 saturated heterocycles. The molecule has 0 saturated carbocycles. The summed E-state index contributed by atoms with van der Waals surface area (Å²) < 4.78 is 9.44. The molecule has 0 unspecified atom stereocenters. The lowest BCUT2D eigenvalue weighted by Crippen LogP contribution is -2.17. The smallest absolute Gasteiger partial charge is 0.337 e. The van der Waals surface area contributed by atoms with Crippen LogP contribution >= 0.6 is 12.4 Å². The maximum absolute atomic E-state index is 11.4. The van der Waals surface area contributed by atoms with Crippen LogP contribution in [0.1, 0.15) is 35.3 Å². The van der Waals surface area contributed by atoms with Crippen LogP contribution in [-0.2, 0) is 14.3 Å². The molecule has 0 aliphatic rings. The van der Waals surface area contributed by atoms with Crippen molar-refractivity contribution in [2.75, 3.05) is 13.7 Å². The summed E-state index contributed by atoms with van der Waals surface area (Å²) in [6.07, 6.45) is 0.0818. The quantitative estimate of drug-likeness (QED) is 0.836. The van der Waals surface area contributed by atoms with Crippen molar-refractivity contribution in [2.45, 2.75) is 19.4 Å². The molecule has 0 amide bonds. The van der Waals surface area contributed by atoms with E-state index in [9.17, 15) is 9.59 Å². The predicted octanol–water partition coefficient (Wildman–Crippen LogP) is 1.85. The normalized spacial score (nSPS) is 11.1. The second-order valence-corrected chi connectivity index (χ2v) is 3.73. The Morgan fingerprint density at radius 2 is 2.05 bits per heavy atom. The Labute approximate surface area is 118 Å². The molecule has 1 atom stereocenters. The number of methoxy groups -OCH3 is 1. The highest BCUT2D eigenvalue weighted by Crippen LogP contribution is 2.16. The van der Waals surface area contributed by atoms with Crippen molar-refractivity contribution in [2.24, 2.45) is 5.73 Å². The van der Waals surface area contributed by atoms with Crippen LogP contribution in [0.25, 0.3) is 0 Å². The zero-order valence-electron chi connectivity index (χ0n) is 10.9. The third kappa shape index (κ3) is 5.28. The zero-order valence-corrected chi connectivity index (χ0v) is 11.7. The molecule has 1 rings (SSSR count). The molecule has 0 aromatic heterocycles. The van der Waals surface area contributed by atoms with Gasteiger partial charge in [-0.2, -0.15) is 0 Å². The highest BCUT2D eigenvalue weighted by atomic mass is 35.5. The fraction of sp³-hybridized carbons (Fsp3) is 0.385. The first-order valence-corrected chi connectivity index (χ1v) is 5.68. The Morgan fingerprint density at radius 3 is 2.63 bits per heavy atom. The van der Waals surface area contributed by atoms with E-state index in [1.54, 1.807) is 31.2 Å². The van der Waals surface area contributed by atoms with Gasteiger partial charge in [0.25, 0.3) is 0 Å². The van der Waals surface area contributed by atoms with Gasteiger partial charge in [0.05, 0.1) is 25.7 Å². The molecule has 106 valence electrons. The molecule has 0 heterocycles. The van der Waals surface area contributed by atoms with Crippen LogP contribution in [-0.4, -0.2) is 25.7 Å². The Balaban J connectivity index is 0.00000324. The lowest BCUT2D eigenvalue weighted by molar-refractivity contribution is -0.143. The molecule has 1 aromatic rings. The zero-order chi connectivity index (χ0) is 13.5. The minimum absolute atomic E-state index is 0. The molecule has 0 radical (unpaired) electrons. The van der Waals surface area contributed by atoms with E-state index in [0.29, 0.717) is 17.7 Å². The van der Waals surface area contributed by atoms with E-state index in [-0.39, 0.29) is 24.8 Å². The Kier molecular flexibility index (Phi) is 7.79. The minimum Gasteiger partial charge on any atom is -0.466 e. The van der Waals surface area contributed by atoms with Crippen LogP contribution < -0.4 is 5.73 Å². The average molecular weight is 288 g/mol. The SMILES string of the molecule is CCOC(=O)C[C@H](N)c1cccc(C(=O)OC)c1.Cl. The minimum atomic E-state index is -0.492. The van der Waals surface area contributed by atoms with Crippen molar-refractivity contribution < 1.29 is 19.1 Å². The largest absolute Gasteiger partial charge is 0.466 e. The Bertz CT molecular complexity index is 436. The highest BCUT2D eigenvalue weighted by molar-refractivity contribution is 5.89. The van der Waals surface area contributed by atoms with Crippen LogP contribution in [0.15, 0.2) is 24.3 Å². The van der Waals surface area contributed by atoms with Crippen molar-refractivity contribution in [1.29, 1.82) is 0 Å². The maximum atomic E-state index is 11.4. The second-order valence-electron chi connectivity index (χ2n) is 3.73. The van der Waals surface area contributed by atoms with E-state index in [0.717, 1.165) is 0 Å². The fourth-order valence-electron chi connectivity index (χ4n) is 1.53. The summed E-state index contributed by atoms with van der Waals surface area (Å²) in [5.74, 6) is -0.784. The van der Waals surface area contributed by atoms with Crippen LogP contribution in [0.2, 0.25) is 0 Å². The maximum Gasteiger partial charge on any atom is 0.337 e. The molecule has 6 heteroatoms. The van der Waals surface area contributed by atoms with Gasteiger partial charge in [-0.25, -0.2) is 4.79 Å². The summed E-state index contributed by atoms with van der Waals surface area (Å²) >= 11 is 0. The highest BCUT2D eigenvalue weighted by Gasteiger charge is 2.14. The first kappa shape index (κ1) is 17.4. The number of nitrogens with two attached hydrogens (primary N) is 1. The average Bonchev–Trinajstić information content (AvgIpc) is 2.38. The molecule has 1 aromatic carbocycles. The fourth-order valence-corrected chi connectivity index (χ4v) is 1.53. The number of benzene rings is 1. The number of halogens is 1. The van der Waals surface area contributed by atoms with Crippen molar-refractivity contribution in [3.63, 3.8) is 0 Å². The van der Waals surface area contributed by atoms with E-state index < -0.39 is 12.0 Å². The van der Waals surface area contributed by atoms with Gasteiger partial charge in [0.15, 0.2) is 0 Å². The monoisotopic (exact) mass is 287 g/mol. The van der Waals surface area contributed by atoms with E-state index in [1.165, 1.54) is 7.11 Å². The molecule has 5 nitrogen and oxygen atoms in total. The predicted molar refractivity (Wildman–Crippen MR) is 73.2 cm³/mol. The van der Waals surface area contributed by atoms with Gasteiger partial charge < -0.3 is 15.2 Å². The van der Waals surface area contributed by atoms with E-state index in [2.05, 4.69) is 4.74 Å². The van der Waals surface area contributed by atoms with Gasteiger partial charge in [-0.1, -0.05) is 12.1 Å². The molecule has 0 fully saturated rings. The van der Waals surface area contributed by atoms with Gasteiger partial charge in [0.2, 0.25) is 0 Å². The van der Waals surface area contributed by atoms with Gasteiger partial charge in [0.1, 0.15) is 0 Å². The number of esters is 2. The molecule has 0 spiro atoms. The number of hydrogen-bond donors (Lipinski definition) is 1. The summed E-state index contributed by atoms with van der Waals surface area (Å²) in [5.41, 5.74) is 7.00. The van der Waals surface area contributed by atoms with Crippen LogP contribution in [0.4, 0.5) is 0 Å². The van der Waals surface area contributed by atoms with E-state index in [1.807, 2.05) is 0 Å². The van der Waals surface area contributed by atoms with Gasteiger partial charge in [-0.3, -0.25) is 4.79 Å². The molecule has 2 N–H and O–H groups in total. The molecule has 0 aliphatic carbocycles. The van der Waals surface area contributed by atoms with Gasteiger partial charge in [0, 0.05) is 6.04 Å². The first-order chi connectivity index (χ1) is 8.58. The summed E-state index contributed by atoms with van der Waals surface area (Å²) in [4.78, 5) is 22.7. The molecule has 0 aliphatic heterocycles. The van der Waals surface area contributed by atoms with Gasteiger partial charge >= 0.3 is 11.9 Å². The van der Waals surface area contributed by atoms with Crippen molar-refractivity contribution >= 4 is 24.3 Å². The van der Waals surface area contributed by atoms with Crippen LogP contribution in [0.3, 0.4) is 0 Å². The Hall–Kier alpha value is -1.59. The van der Waals surface area contributed by atoms with Crippen LogP contribution in [0, 0.1) is 0 Å². The summed E-state index contributed by atoms with van der Waals surface area (Å²) in [6, 6.07) is 6.22. The lowest BCUT2D eigenvalue weighted by Gasteiger charge is -2.12. The molecule has 0 bridgehead atoms. The number of ether oxygens (including phenoxy) is 2.